The van der Waals surface area contributed by atoms with Crippen molar-refractivity contribution in [2.45, 2.75) is 26.2 Å². The Kier molecular flexibility index (Phi) is 8.87. The average Bonchev–Trinajstić information content (AvgIpc) is 2.40. The number of esters is 1. The van der Waals surface area contributed by atoms with Crippen molar-refractivity contribution in [1.82, 2.24) is 4.90 Å². The zero-order valence-corrected chi connectivity index (χ0v) is 13.6. The van der Waals surface area contributed by atoms with E-state index in [1.807, 2.05) is 6.92 Å². The van der Waals surface area contributed by atoms with Crippen LogP contribution in [0.5, 0.6) is 0 Å². The fraction of sp³-hybridized carbons (Fsp3) is 0.692. The predicted octanol–water partition coefficient (Wildman–Crippen LogP) is 0.711. The van der Waals surface area contributed by atoms with Gasteiger partial charge in [0.15, 0.2) is 0 Å². The van der Waals surface area contributed by atoms with E-state index in [0.717, 1.165) is 12.7 Å². The van der Waals surface area contributed by atoms with Gasteiger partial charge in [0.1, 0.15) is 6.54 Å². The molecule has 0 bridgehead atoms. The molecule has 0 spiro atoms. The summed E-state index contributed by atoms with van der Waals surface area (Å²) >= 11 is 0. The number of carbonyl (C=O) groups is 2. The van der Waals surface area contributed by atoms with Crippen LogP contribution in [0.1, 0.15) is 26.2 Å². The second-order valence-electron chi connectivity index (χ2n) is 4.65. The third-order valence-electron chi connectivity index (χ3n) is 2.54. The third kappa shape index (κ3) is 10.0. The monoisotopic (exact) mass is 321 g/mol. The highest BCUT2D eigenvalue weighted by molar-refractivity contribution is 7.85. The van der Waals surface area contributed by atoms with Gasteiger partial charge in [0.25, 0.3) is 10.1 Å². The molecule has 122 valence electrons. The summed E-state index contributed by atoms with van der Waals surface area (Å²) in [7, 11) is -2.34. The topological polar surface area (TPSA) is 90.0 Å². The zero-order valence-electron chi connectivity index (χ0n) is 12.8. The summed E-state index contributed by atoms with van der Waals surface area (Å²) in [5, 5.41) is 0. The maximum atomic E-state index is 12.0. The molecule has 0 fully saturated rings. The fourth-order valence-electron chi connectivity index (χ4n) is 1.44. The maximum absolute atomic E-state index is 12.0. The van der Waals surface area contributed by atoms with Crippen molar-refractivity contribution < 1.29 is 26.9 Å². The van der Waals surface area contributed by atoms with Crippen LogP contribution in [-0.2, 0) is 28.6 Å². The van der Waals surface area contributed by atoms with Gasteiger partial charge >= 0.3 is 5.97 Å². The number of hydrogen-bond acceptors (Lipinski definition) is 6. The van der Waals surface area contributed by atoms with E-state index in [1.54, 1.807) is 0 Å². The molecule has 1 amide bonds. The predicted molar refractivity (Wildman–Crippen MR) is 78.1 cm³/mol. The summed E-state index contributed by atoms with van der Waals surface area (Å²) in [6.07, 6.45) is 2.81. The van der Waals surface area contributed by atoms with E-state index in [0.29, 0.717) is 18.4 Å². The molecule has 0 saturated heterocycles. The summed E-state index contributed by atoms with van der Waals surface area (Å²) in [5.74, 6) is -0.751. The number of unbranched alkanes of at least 4 members (excludes halogenated alkanes) is 1. The maximum Gasteiger partial charge on any atom is 0.325 e. The minimum atomic E-state index is -3.57. The van der Waals surface area contributed by atoms with Gasteiger partial charge in [-0.1, -0.05) is 19.9 Å². The first-order valence-corrected chi connectivity index (χ1v) is 8.36. The van der Waals surface area contributed by atoms with Crippen LogP contribution >= 0.6 is 0 Å². The third-order valence-corrected chi connectivity index (χ3v) is 3.08. The lowest BCUT2D eigenvalue weighted by molar-refractivity contribution is -0.146. The second kappa shape index (κ2) is 9.51. The van der Waals surface area contributed by atoms with Crippen LogP contribution in [0.3, 0.4) is 0 Å². The Morgan fingerprint density at radius 3 is 2.33 bits per heavy atom. The van der Waals surface area contributed by atoms with Gasteiger partial charge in [0.05, 0.1) is 20.0 Å². The van der Waals surface area contributed by atoms with Gasteiger partial charge in [-0.15, -0.1) is 0 Å². The molecule has 0 aromatic heterocycles. The first-order chi connectivity index (χ1) is 9.69. The van der Waals surface area contributed by atoms with Crippen molar-refractivity contribution in [3.05, 3.63) is 12.2 Å². The molecule has 0 N–H and O–H groups in total. The van der Waals surface area contributed by atoms with Gasteiger partial charge in [-0.3, -0.25) is 13.8 Å². The summed E-state index contributed by atoms with van der Waals surface area (Å²) in [6, 6.07) is 0. The van der Waals surface area contributed by atoms with Crippen molar-refractivity contribution in [2.75, 3.05) is 33.1 Å². The molecule has 0 saturated carbocycles. The van der Waals surface area contributed by atoms with Crippen LogP contribution in [0.4, 0.5) is 0 Å². The van der Waals surface area contributed by atoms with Crippen molar-refractivity contribution in [3.8, 4) is 0 Å². The Labute approximate surface area is 126 Å². The Bertz CT molecular complexity index is 471. The van der Waals surface area contributed by atoms with E-state index >= 15 is 0 Å². The van der Waals surface area contributed by atoms with Crippen molar-refractivity contribution in [3.63, 3.8) is 0 Å². The van der Waals surface area contributed by atoms with Crippen LogP contribution < -0.4 is 0 Å². The first-order valence-electron chi connectivity index (χ1n) is 6.55. The molecule has 0 unspecified atom stereocenters. The van der Waals surface area contributed by atoms with Crippen LogP contribution in [0.15, 0.2) is 12.2 Å². The van der Waals surface area contributed by atoms with E-state index in [1.165, 1.54) is 12.0 Å². The molecule has 0 rings (SSSR count). The smallest absolute Gasteiger partial charge is 0.325 e. The molecule has 21 heavy (non-hydrogen) atoms. The highest BCUT2D eigenvalue weighted by Gasteiger charge is 2.18. The van der Waals surface area contributed by atoms with Gasteiger partial charge in [-0.2, -0.15) is 8.42 Å². The number of methoxy groups -OCH3 is 1. The Balaban J connectivity index is 4.61. The quantitative estimate of drug-likeness (QED) is 0.334. The molecular weight excluding hydrogens is 298 g/mol. The molecule has 0 heterocycles. The van der Waals surface area contributed by atoms with E-state index < -0.39 is 16.1 Å². The molecule has 0 aliphatic rings. The number of rotatable bonds is 10. The summed E-state index contributed by atoms with van der Waals surface area (Å²) in [5.41, 5.74) is 0.383. The SMILES string of the molecule is C=C(COS(C)(=O)=O)CN(CC(=O)OC)C(=O)CCCC. The Morgan fingerprint density at radius 2 is 1.86 bits per heavy atom. The summed E-state index contributed by atoms with van der Waals surface area (Å²) in [4.78, 5) is 24.6. The van der Waals surface area contributed by atoms with Gasteiger partial charge in [-0.25, -0.2) is 0 Å². The van der Waals surface area contributed by atoms with Crippen molar-refractivity contribution >= 4 is 22.0 Å². The summed E-state index contributed by atoms with van der Waals surface area (Å²) < 4.78 is 30.9. The van der Waals surface area contributed by atoms with Crippen LogP contribution in [0, 0.1) is 0 Å². The molecule has 8 heteroatoms. The van der Waals surface area contributed by atoms with E-state index in [4.69, 9.17) is 0 Å². The van der Waals surface area contributed by atoms with Crippen LogP contribution in [0.25, 0.3) is 0 Å². The minimum Gasteiger partial charge on any atom is -0.468 e. The molecule has 0 aliphatic heterocycles. The normalized spacial score (nSPS) is 11.0. The number of amides is 1. The zero-order chi connectivity index (χ0) is 16.5. The largest absolute Gasteiger partial charge is 0.468 e. The molecule has 0 atom stereocenters. The Hall–Kier alpha value is -1.41. The van der Waals surface area contributed by atoms with Crippen molar-refractivity contribution in [2.24, 2.45) is 0 Å². The first kappa shape index (κ1) is 19.6. The molecule has 0 aromatic carbocycles. The lowest BCUT2D eigenvalue weighted by atomic mass is 10.2. The summed E-state index contributed by atoms with van der Waals surface area (Å²) in [6.45, 7) is 5.24. The molecule has 0 aliphatic carbocycles. The van der Waals surface area contributed by atoms with E-state index in [-0.39, 0.29) is 25.6 Å². The second-order valence-corrected chi connectivity index (χ2v) is 6.29. The lowest BCUT2D eigenvalue weighted by Crippen LogP contribution is -2.38. The number of hydrogen-bond donors (Lipinski definition) is 0. The van der Waals surface area contributed by atoms with Gasteiger partial charge < -0.3 is 9.64 Å². The standard InChI is InChI=1S/C13H23NO6S/c1-5-6-7-12(15)14(9-13(16)19-3)8-11(2)10-20-21(4,17)18/h2,5-10H2,1,3-4H3. The molecular formula is C13H23NO6S. The highest BCUT2D eigenvalue weighted by Crippen LogP contribution is 2.06. The van der Waals surface area contributed by atoms with E-state index in [2.05, 4.69) is 15.5 Å². The minimum absolute atomic E-state index is 0.0488. The number of carbonyl (C=O) groups excluding carboxylic acids is 2. The lowest BCUT2D eigenvalue weighted by Gasteiger charge is -2.22. The fourth-order valence-corrected chi connectivity index (χ4v) is 1.83. The molecule has 0 radical (unpaired) electrons. The Morgan fingerprint density at radius 1 is 1.24 bits per heavy atom. The number of ether oxygens (including phenoxy) is 1. The number of nitrogens with zero attached hydrogens (tertiary/aromatic N) is 1. The van der Waals surface area contributed by atoms with Crippen LogP contribution in [-0.4, -0.2) is 58.3 Å². The van der Waals surface area contributed by atoms with E-state index in [9.17, 15) is 18.0 Å². The van der Waals surface area contributed by atoms with Crippen molar-refractivity contribution in [1.29, 1.82) is 0 Å². The highest BCUT2D eigenvalue weighted by atomic mass is 32.2. The van der Waals surface area contributed by atoms with Gasteiger partial charge in [0.2, 0.25) is 5.91 Å². The van der Waals surface area contributed by atoms with Gasteiger partial charge in [0, 0.05) is 13.0 Å². The van der Waals surface area contributed by atoms with Gasteiger partial charge in [-0.05, 0) is 12.0 Å². The van der Waals surface area contributed by atoms with Crippen LogP contribution in [0.2, 0.25) is 0 Å². The molecule has 0 aromatic rings. The average molecular weight is 321 g/mol. The molecule has 7 nitrogen and oxygen atoms in total.